The fraction of sp³-hybridized carbons (Fsp3) is 0.545. The Morgan fingerprint density at radius 2 is 1.42 bits per heavy atom. The minimum atomic E-state index is -2.11. The molecule has 1 fully saturated rings. The Hall–Kier alpha value is -2.94. The second kappa shape index (κ2) is 8.30. The maximum Gasteiger partial charge on any atom is 0.431 e. The van der Waals surface area contributed by atoms with Crippen molar-refractivity contribution in [1.82, 2.24) is 15.3 Å². The molecule has 0 bridgehead atoms. The number of nitrogens with zero attached hydrogens (tertiary/aromatic N) is 2. The number of Topliss-reactive ketones (excluding diaryl/α,β-unsaturated/α-hetero) is 2. The SMILES string of the molecule is CC(C)CC1NC2(C(=O)c3ccccc3C2=O)N(C(=O)OC(C)C)N1C(=O)OC(C)C. The van der Waals surface area contributed by atoms with E-state index in [0.717, 1.165) is 10.0 Å². The standard InChI is InChI=1S/C22H29N3O6/c1-12(2)11-17-23-22(18(26)15-9-7-8-10-16(15)19(22)27)25(21(29)31-14(5)6)24(17)20(28)30-13(3)4/h7-10,12-14,17,23H,11H2,1-6H3. The van der Waals surface area contributed by atoms with E-state index >= 15 is 0 Å². The van der Waals surface area contributed by atoms with Crippen molar-refractivity contribution in [2.45, 2.75) is 72.0 Å². The number of amides is 2. The zero-order valence-electron chi connectivity index (χ0n) is 18.7. The van der Waals surface area contributed by atoms with Crippen LogP contribution in [0.2, 0.25) is 0 Å². The van der Waals surface area contributed by atoms with Crippen LogP contribution in [0.15, 0.2) is 24.3 Å². The lowest BCUT2D eigenvalue weighted by molar-refractivity contribution is -0.0476. The molecular weight excluding hydrogens is 402 g/mol. The summed E-state index contributed by atoms with van der Waals surface area (Å²) in [4.78, 5) is 53.4. The highest BCUT2D eigenvalue weighted by Crippen LogP contribution is 2.40. The summed E-state index contributed by atoms with van der Waals surface area (Å²) in [5.41, 5.74) is -1.74. The third kappa shape index (κ3) is 3.78. The molecule has 0 radical (unpaired) electrons. The van der Waals surface area contributed by atoms with Crippen LogP contribution in [0.25, 0.3) is 0 Å². The highest BCUT2D eigenvalue weighted by molar-refractivity contribution is 6.33. The first-order valence-corrected chi connectivity index (χ1v) is 10.5. The van der Waals surface area contributed by atoms with Crippen LogP contribution in [-0.4, -0.2) is 57.8 Å². The Bertz CT molecular complexity index is 875. The molecule has 2 aliphatic rings. The zero-order valence-corrected chi connectivity index (χ0v) is 18.7. The minimum Gasteiger partial charge on any atom is -0.445 e. The van der Waals surface area contributed by atoms with Crippen LogP contribution in [0.5, 0.6) is 0 Å². The van der Waals surface area contributed by atoms with E-state index in [2.05, 4.69) is 5.32 Å². The summed E-state index contributed by atoms with van der Waals surface area (Å²) in [7, 11) is 0. The summed E-state index contributed by atoms with van der Waals surface area (Å²) < 4.78 is 10.7. The second-order valence-electron chi connectivity index (χ2n) is 8.73. The van der Waals surface area contributed by atoms with Crippen LogP contribution in [0.3, 0.4) is 0 Å². The van der Waals surface area contributed by atoms with E-state index in [1.54, 1.807) is 39.8 Å². The number of ether oxygens (including phenoxy) is 2. The molecule has 2 amide bonds. The van der Waals surface area contributed by atoms with Crippen molar-refractivity contribution in [2.75, 3.05) is 0 Å². The summed E-state index contributed by atoms with van der Waals surface area (Å²) in [5, 5.41) is 4.84. The summed E-state index contributed by atoms with van der Waals surface area (Å²) in [6.45, 7) is 10.5. The number of hydrazine groups is 1. The Labute approximate surface area is 181 Å². The molecule has 9 nitrogen and oxygen atoms in total. The average molecular weight is 431 g/mol. The van der Waals surface area contributed by atoms with E-state index in [4.69, 9.17) is 9.47 Å². The van der Waals surface area contributed by atoms with Crippen LogP contribution in [-0.2, 0) is 9.47 Å². The van der Waals surface area contributed by atoms with Crippen molar-refractivity contribution in [3.8, 4) is 0 Å². The van der Waals surface area contributed by atoms with Gasteiger partial charge in [0.2, 0.25) is 17.2 Å². The van der Waals surface area contributed by atoms with E-state index in [0.29, 0.717) is 6.42 Å². The molecule has 1 heterocycles. The number of carbonyl (C=O) groups is 4. The van der Waals surface area contributed by atoms with Crippen molar-refractivity contribution in [2.24, 2.45) is 5.92 Å². The van der Waals surface area contributed by atoms with Gasteiger partial charge in [-0.1, -0.05) is 38.1 Å². The van der Waals surface area contributed by atoms with Gasteiger partial charge in [0.1, 0.15) is 6.17 Å². The minimum absolute atomic E-state index is 0.0824. The maximum atomic E-state index is 13.5. The Morgan fingerprint density at radius 3 is 1.87 bits per heavy atom. The molecule has 3 rings (SSSR count). The van der Waals surface area contributed by atoms with Crippen molar-refractivity contribution in [1.29, 1.82) is 0 Å². The first-order chi connectivity index (χ1) is 14.5. The largest absolute Gasteiger partial charge is 0.445 e. The molecule has 1 atom stereocenters. The lowest BCUT2D eigenvalue weighted by atomic mass is 10.0. The Kier molecular flexibility index (Phi) is 6.09. The van der Waals surface area contributed by atoms with Gasteiger partial charge in [-0.05, 0) is 40.0 Å². The summed E-state index contributed by atoms with van der Waals surface area (Å²) in [6.07, 6.45) is -3.29. The number of fused-ring (bicyclic) bond motifs is 1. The van der Waals surface area contributed by atoms with Gasteiger partial charge in [-0.25, -0.2) is 9.59 Å². The molecule has 1 aliphatic carbocycles. The lowest BCUT2D eigenvalue weighted by Gasteiger charge is -2.35. The highest BCUT2D eigenvalue weighted by Gasteiger charge is 2.68. The third-order valence-corrected chi connectivity index (χ3v) is 5.01. The molecule has 0 aromatic heterocycles. The topological polar surface area (TPSA) is 105 Å². The van der Waals surface area contributed by atoms with Crippen molar-refractivity contribution < 1.29 is 28.7 Å². The fourth-order valence-corrected chi connectivity index (χ4v) is 3.91. The van der Waals surface area contributed by atoms with Crippen LogP contribution in [0, 0.1) is 5.92 Å². The molecule has 1 saturated heterocycles. The van der Waals surface area contributed by atoms with Gasteiger partial charge in [-0.15, -0.1) is 0 Å². The van der Waals surface area contributed by atoms with Crippen molar-refractivity contribution in [3.63, 3.8) is 0 Å². The van der Waals surface area contributed by atoms with E-state index in [9.17, 15) is 19.2 Å². The van der Waals surface area contributed by atoms with Gasteiger partial charge in [-0.2, -0.15) is 10.0 Å². The number of carbonyl (C=O) groups excluding carboxylic acids is 4. The van der Waals surface area contributed by atoms with Gasteiger partial charge < -0.3 is 9.47 Å². The molecule has 0 saturated carbocycles. The van der Waals surface area contributed by atoms with Gasteiger partial charge in [0.05, 0.1) is 12.2 Å². The Morgan fingerprint density at radius 1 is 0.935 bits per heavy atom. The van der Waals surface area contributed by atoms with E-state index in [-0.39, 0.29) is 17.0 Å². The predicted molar refractivity (Wildman–Crippen MR) is 111 cm³/mol. The number of hydrogen-bond acceptors (Lipinski definition) is 7. The Balaban J connectivity index is 2.17. The van der Waals surface area contributed by atoms with E-state index < -0.39 is 47.8 Å². The average Bonchev–Trinajstić information content (AvgIpc) is 3.10. The van der Waals surface area contributed by atoms with E-state index in [1.807, 2.05) is 13.8 Å². The van der Waals surface area contributed by atoms with Gasteiger partial charge >= 0.3 is 12.2 Å². The number of hydrogen-bond donors (Lipinski definition) is 1. The van der Waals surface area contributed by atoms with Crippen LogP contribution >= 0.6 is 0 Å². The molecule has 1 aromatic rings. The molecule has 168 valence electrons. The lowest BCUT2D eigenvalue weighted by Crippen LogP contribution is -2.64. The summed E-state index contributed by atoms with van der Waals surface area (Å²) >= 11 is 0. The molecule has 1 N–H and O–H groups in total. The maximum absolute atomic E-state index is 13.5. The van der Waals surface area contributed by atoms with Crippen molar-refractivity contribution >= 4 is 23.8 Å². The van der Waals surface area contributed by atoms with E-state index in [1.165, 1.54) is 12.1 Å². The molecule has 1 unspecified atom stereocenters. The van der Waals surface area contributed by atoms with Crippen LogP contribution in [0.4, 0.5) is 9.59 Å². The molecule has 1 aromatic carbocycles. The van der Waals surface area contributed by atoms with Crippen molar-refractivity contribution in [3.05, 3.63) is 35.4 Å². The molecule has 9 heteroatoms. The number of ketones is 2. The first-order valence-electron chi connectivity index (χ1n) is 10.5. The van der Waals surface area contributed by atoms with Gasteiger partial charge in [-0.3, -0.25) is 14.9 Å². The smallest absolute Gasteiger partial charge is 0.431 e. The second-order valence-corrected chi connectivity index (χ2v) is 8.73. The van der Waals surface area contributed by atoms with Gasteiger partial charge in [0.25, 0.3) is 0 Å². The predicted octanol–water partition coefficient (Wildman–Crippen LogP) is 3.35. The number of rotatable bonds is 4. The molecular formula is C22H29N3O6. The van der Waals surface area contributed by atoms with Gasteiger partial charge in [0, 0.05) is 11.1 Å². The quantitative estimate of drug-likeness (QED) is 0.729. The summed E-state index contributed by atoms with van der Waals surface area (Å²) in [5.74, 6) is -1.14. The normalized spacial score (nSPS) is 19.7. The summed E-state index contributed by atoms with van der Waals surface area (Å²) in [6, 6.07) is 6.35. The van der Waals surface area contributed by atoms with Crippen LogP contribution < -0.4 is 5.32 Å². The highest BCUT2D eigenvalue weighted by atomic mass is 16.6. The fourth-order valence-electron chi connectivity index (χ4n) is 3.91. The molecule has 1 spiro atoms. The zero-order chi connectivity index (χ0) is 23.1. The number of benzene rings is 1. The van der Waals surface area contributed by atoms with Gasteiger partial charge in [0.15, 0.2) is 0 Å². The third-order valence-electron chi connectivity index (χ3n) is 5.01. The van der Waals surface area contributed by atoms with Crippen LogP contribution in [0.1, 0.15) is 68.7 Å². The molecule has 1 aliphatic heterocycles. The number of nitrogens with one attached hydrogen (secondary N) is 1. The first kappa shape index (κ1) is 22.7. The monoisotopic (exact) mass is 431 g/mol. The molecule has 31 heavy (non-hydrogen) atoms.